The van der Waals surface area contributed by atoms with Crippen molar-refractivity contribution in [2.24, 2.45) is 0 Å². The van der Waals surface area contributed by atoms with E-state index in [-0.39, 0.29) is 22.9 Å². The standard InChI is InChI=1S/C42H48N6O4S3/c1-3-5-7-9-11-13-21-43-31(49)19-15-25-23-29-39(53-25)45-37-27-17-18-28-34-33(27)36(42(52)47(29)37)55-35(34)38-46-40-30(48(38)41(28)51)24-26(54-40)16-20-32(50)44-22-14-12-10-8-6-4-2/h17-18,23-24H,3-16,19-22H2,1-2H3,(H,43,49)(H,44,50). The van der Waals surface area contributed by atoms with Gasteiger partial charge in [-0.3, -0.25) is 28.0 Å². The van der Waals surface area contributed by atoms with Gasteiger partial charge in [0.05, 0.1) is 15.7 Å². The summed E-state index contributed by atoms with van der Waals surface area (Å²) in [6.07, 6.45) is 16.2. The van der Waals surface area contributed by atoms with Gasteiger partial charge in [0.1, 0.15) is 20.0 Å². The predicted molar refractivity (Wildman–Crippen MR) is 229 cm³/mol. The lowest BCUT2D eigenvalue weighted by atomic mass is 10.0. The molecule has 0 saturated carbocycles. The number of carbonyl (C=O) groups excluding carboxylic acids is 2. The number of imidazole rings is 2. The van der Waals surface area contributed by atoms with Crippen LogP contribution in [0.1, 0.15) is 113 Å². The van der Waals surface area contributed by atoms with Gasteiger partial charge in [0.15, 0.2) is 5.65 Å². The first-order valence-corrected chi connectivity index (χ1v) is 22.6. The van der Waals surface area contributed by atoms with Crippen molar-refractivity contribution < 1.29 is 9.59 Å². The number of aromatic nitrogens is 4. The average Bonchev–Trinajstić information content (AvgIpc) is 3.99. The molecular formula is C42H48N6O4S3. The van der Waals surface area contributed by atoms with Crippen LogP contribution >= 0.6 is 34.0 Å². The van der Waals surface area contributed by atoms with E-state index in [4.69, 9.17) is 9.97 Å². The third kappa shape index (κ3) is 7.31. The van der Waals surface area contributed by atoms with E-state index >= 15 is 0 Å². The highest BCUT2D eigenvalue weighted by atomic mass is 32.1. The van der Waals surface area contributed by atoms with Gasteiger partial charge in [-0.25, -0.2) is 9.97 Å². The number of nitrogens with one attached hydrogen (secondary N) is 2. The predicted octanol–water partition coefficient (Wildman–Crippen LogP) is 9.35. The topological polar surface area (TPSA) is 127 Å². The highest BCUT2D eigenvalue weighted by Crippen LogP contribution is 2.43. The van der Waals surface area contributed by atoms with Crippen LogP contribution in [-0.4, -0.2) is 43.7 Å². The van der Waals surface area contributed by atoms with Crippen LogP contribution in [0, 0.1) is 0 Å². The quantitative estimate of drug-likeness (QED) is 0.0585. The molecular weight excluding hydrogens is 749 g/mol. The Labute approximate surface area is 330 Å². The lowest BCUT2D eigenvalue weighted by molar-refractivity contribution is -0.121. The number of amides is 2. The summed E-state index contributed by atoms with van der Waals surface area (Å²) in [5.74, 6) is 0.0979. The summed E-state index contributed by atoms with van der Waals surface area (Å²) in [5, 5.41) is 9.04. The van der Waals surface area contributed by atoms with E-state index < -0.39 is 0 Å². The second kappa shape index (κ2) is 16.5. The molecule has 0 saturated heterocycles. The van der Waals surface area contributed by atoms with E-state index in [1.54, 1.807) is 8.80 Å². The lowest BCUT2D eigenvalue weighted by Crippen LogP contribution is -2.24. The highest BCUT2D eigenvalue weighted by Gasteiger charge is 2.26. The molecule has 288 valence electrons. The molecule has 0 aliphatic carbocycles. The van der Waals surface area contributed by atoms with Gasteiger partial charge in [-0.2, -0.15) is 0 Å². The molecule has 8 aromatic rings. The first-order valence-electron chi connectivity index (χ1n) is 20.1. The highest BCUT2D eigenvalue weighted by molar-refractivity contribution is 7.27. The molecule has 0 fully saturated rings. The first kappa shape index (κ1) is 37.7. The number of unbranched alkanes of at least 4 members (excludes halogenated alkanes) is 10. The molecule has 0 spiro atoms. The van der Waals surface area contributed by atoms with Crippen LogP contribution in [0.4, 0.5) is 0 Å². The smallest absolute Gasteiger partial charge is 0.274 e. The van der Waals surface area contributed by atoms with Crippen molar-refractivity contribution in [3.63, 3.8) is 0 Å². The van der Waals surface area contributed by atoms with E-state index in [0.29, 0.717) is 60.2 Å². The Morgan fingerprint density at radius 2 is 1.09 bits per heavy atom. The molecule has 0 radical (unpaired) electrons. The molecule has 0 bridgehead atoms. The SMILES string of the molecule is CCCCCCCCNC(=O)CCc1cc2c(nc3c4ccc5c(=O)n6c7cc(CCC(=O)NCCCCCCCC)sc7nc6c6sc(c(=O)n23)c4c56)s1. The molecule has 7 aromatic heterocycles. The van der Waals surface area contributed by atoms with Crippen molar-refractivity contribution in [1.82, 2.24) is 29.4 Å². The van der Waals surface area contributed by atoms with Crippen molar-refractivity contribution >= 4 is 109 Å². The molecule has 13 heteroatoms. The Kier molecular flexibility index (Phi) is 11.3. The Balaban J connectivity index is 1.02. The summed E-state index contributed by atoms with van der Waals surface area (Å²) < 4.78 is 4.77. The monoisotopic (exact) mass is 796 g/mol. The number of hydrogen-bond donors (Lipinski definition) is 2. The third-order valence-electron chi connectivity index (χ3n) is 10.8. The van der Waals surface area contributed by atoms with Crippen LogP contribution < -0.4 is 21.8 Å². The number of carbonyl (C=O) groups is 2. The maximum Gasteiger partial charge on any atom is 0.274 e. The minimum Gasteiger partial charge on any atom is -0.356 e. The van der Waals surface area contributed by atoms with Crippen molar-refractivity contribution in [2.45, 2.75) is 117 Å². The number of pyridine rings is 2. The van der Waals surface area contributed by atoms with Crippen molar-refractivity contribution in [3.8, 4) is 0 Å². The van der Waals surface area contributed by atoms with Crippen LogP contribution in [0.5, 0.6) is 0 Å². The molecule has 2 amide bonds. The zero-order valence-corrected chi connectivity index (χ0v) is 34.1. The van der Waals surface area contributed by atoms with E-state index in [1.807, 2.05) is 24.3 Å². The lowest BCUT2D eigenvalue weighted by Gasteiger charge is -2.05. The van der Waals surface area contributed by atoms with Crippen LogP contribution in [0.3, 0.4) is 0 Å². The fraction of sp³-hybridized carbons (Fsp3) is 0.476. The van der Waals surface area contributed by atoms with Gasteiger partial charge >= 0.3 is 0 Å². The van der Waals surface area contributed by atoms with Crippen LogP contribution in [-0.2, 0) is 22.4 Å². The summed E-state index contributed by atoms with van der Waals surface area (Å²) in [6.45, 7) is 5.85. The zero-order chi connectivity index (χ0) is 38.1. The Bertz CT molecular complexity index is 2760. The maximum absolute atomic E-state index is 14.3. The maximum atomic E-state index is 14.3. The average molecular weight is 797 g/mol. The van der Waals surface area contributed by atoms with Gasteiger partial charge in [0.25, 0.3) is 11.1 Å². The molecule has 8 rings (SSSR count). The summed E-state index contributed by atoms with van der Waals surface area (Å²) in [6, 6.07) is 7.76. The third-order valence-corrected chi connectivity index (χ3v) is 14.2. The van der Waals surface area contributed by atoms with Crippen LogP contribution in [0.25, 0.3) is 62.9 Å². The van der Waals surface area contributed by atoms with Gasteiger partial charge in [-0.05, 0) is 49.9 Å². The number of hydrogen-bond acceptors (Lipinski definition) is 9. The number of benzene rings is 1. The van der Waals surface area contributed by atoms with Crippen LogP contribution in [0.2, 0.25) is 0 Å². The number of rotatable bonds is 20. The molecule has 10 nitrogen and oxygen atoms in total. The van der Waals surface area contributed by atoms with E-state index in [9.17, 15) is 19.2 Å². The van der Waals surface area contributed by atoms with Gasteiger partial charge in [0, 0.05) is 57.2 Å². The zero-order valence-electron chi connectivity index (χ0n) is 31.7. The Morgan fingerprint density at radius 1 is 0.600 bits per heavy atom. The van der Waals surface area contributed by atoms with E-state index in [0.717, 1.165) is 77.0 Å². The number of thiophene rings is 3. The van der Waals surface area contributed by atoms with Gasteiger partial charge in [-0.15, -0.1) is 34.0 Å². The molecule has 55 heavy (non-hydrogen) atoms. The molecule has 0 atom stereocenters. The van der Waals surface area contributed by atoms with Gasteiger partial charge in [0.2, 0.25) is 11.8 Å². The summed E-state index contributed by atoms with van der Waals surface area (Å²) in [4.78, 5) is 67.0. The molecule has 0 aliphatic heterocycles. The molecule has 0 unspecified atom stereocenters. The molecule has 7 heterocycles. The minimum atomic E-state index is -0.162. The van der Waals surface area contributed by atoms with E-state index in [2.05, 4.69) is 24.5 Å². The van der Waals surface area contributed by atoms with Crippen molar-refractivity contribution in [2.75, 3.05) is 13.1 Å². The Hall–Kier alpha value is -4.20. The van der Waals surface area contributed by atoms with Crippen molar-refractivity contribution in [1.29, 1.82) is 0 Å². The molecule has 0 aliphatic rings. The summed E-state index contributed by atoms with van der Waals surface area (Å²) in [5.41, 5.74) is 2.32. The Morgan fingerprint density at radius 3 is 1.67 bits per heavy atom. The molecule has 1 aromatic carbocycles. The van der Waals surface area contributed by atoms with Gasteiger partial charge in [-0.1, -0.05) is 78.1 Å². The van der Waals surface area contributed by atoms with Gasteiger partial charge < -0.3 is 10.6 Å². The van der Waals surface area contributed by atoms with E-state index in [1.165, 1.54) is 85.4 Å². The fourth-order valence-electron chi connectivity index (χ4n) is 7.92. The number of aryl methyl sites for hydroxylation is 2. The van der Waals surface area contributed by atoms with Crippen LogP contribution in [0.15, 0.2) is 33.9 Å². The summed E-state index contributed by atoms with van der Waals surface area (Å²) >= 11 is 4.43. The number of fused-ring (bicyclic) bond motifs is 8. The normalized spacial score (nSPS) is 12.3. The second-order valence-electron chi connectivity index (χ2n) is 14.9. The van der Waals surface area contributed by atoms with Crippen molar-refractivity contribution in [3.05, 3.63) is 54.7 Å². The second-order valence-corrected chi connectivity index (χ2v) is 18.1. The molecule has 2 N–H and O–H groups in total. The minimum absolute atomic E-state index is 0.0474. The summed E-state index contributed by atoms with van der Waals surface area (Å²) in [7, 11) is 0. The first-order chi connectivity index (χ1) is 26.9. The number of nitrogens with zero attached hydrogens (tertiary/aromatic N) is 4. The fourth-order valence-corrected chi connectivity index (χ4v) is 11.2. The largest absolute Gasteiger partial charge is 0.356 e.